The monoisotopic (exact) mass is 307 g/mol. The van der Waals surface area contributed by atoms with Crippen LogP contribution in [0.15, 0.2) is 12.4 Å². The number of imidazole rings is 1. The Morgan fingerprint density at radius 3 is 2.94 bits per heavy atom. The summed E-state index contributed by atoms with van der Waals surface area (Å²) in [5.74, 6) is -0.410. The lowest BCUT2D eigenvalue weighted by Gasteiger charge is -2.13. The van der Waals surface area contributed by atoms with Crippen LogP contribution in [0.5, 0.6) is 0 Å². The molecule has 8 nitrogen and oxygen atoms in total. The minimum atomic E-state index is -1.000. The lowest BCUT2D eigenvalue weighted by Crippen LogP contribution is -2.28. The van der Waals surface area contributed by atoms with E-state index in [2.05, 4.69) is 20.9 Å². The highest BCUT2D eigenvalue weighted by Crippen LogP contribution is 2.35. The highest BCUT2D eigenvalue weighted by atomic mass is 79.9. The first kappa shape index (κ1) is 12.4. The van der Waals surface area contributed by atoms with Gasteiger partial charge in [0, 0.05) is 0 Å². The number of nitrogens with zero attached hydrogens (tertiary/aromatic N) is 3. The molecule has 0 saturated carbocycles. The summed E-state index contributed by atoms with van der Waals surface area (Å²) in [6.07, 6.45) is 0.0614. The predicted octanol–water partition coefficient (Wildman–Crippen LogP) is -0.195. The predicted molar refractivity (Wildman–Crippen MR) is 58.6 cm³/mol. The summed E-state index contributed by atoms with van der Waals surface area (Å²) in [5, 5.41) is 29.6. The van der Waals surface area contributed by atoms with Crippen molar-refractivity contribution in [2.75, 3.05) is 6.61 Å². The molecule has 0 spiro atoms. The van der Waals surface area contributed by atoms with Gasteiger partial charge in [-0.3, -0.25) is 0 Å². The second-order valence-electron chi connectivity index (χ2n) is 3.57. The number of alkyl halides is 1. The van der Waals surface area contributed by atoms with Crippen LogP contribution in [-0.4, -0.2) is 48.3 Å². The van der Waals surface area contributed by atoms with Crippen LogP contribution in [0, 0.1) is 10.1 Å². The molecule has 1 aromatic rings. The van der Waals surface area contributed by atoms with E-state index in [4.69, 9.17) is 9.84 Å². The zero-order chi connectivity index (χ0) is 12.6. The molecule has 17 heavy (non-hydrogen) atoms. The number of aromatic nitrogens is 2. The molecule has 0 amide bonds. The molecule has 0 unspecified atom stereocenters. The number of aliphatic hydroxyl groups excluding tert-OH is 2. The minimum absolute atomic E-state index is 0.286. The van der Waals surface area contributed by atoms with Gasteiger partial charge in [-0.1, -0.05) is 20.9 Å². The maximum absolute atomic E-state index is 10.7. The maximum Gasteiger partial charge on any atom is 0.436 e. The molecule has 2 heterocycles. The van der Waals surface area contributed by atoms with Crippen LogP contribution in [0.2, 0.25) is 0 Å². The van der Waals surface area contributed by atoms with Crippen LogP contribution in [0.3, 0.4) is 0 Å². The molecule has 1 aliphatic heterocycles. The van der Waals surface area contributed by atoms with Crippen molar-refractivity contribution in [2.45, 2.75) is 23.3 Å². The number of ether oxygens (including phenoxy) is 1. The molecule has 0 aliphatic carbocycles. The van der Waals surface area contributed by atoms with E-state index in [1.165, 1.54) is 12.4 Å². The van der Waals surface area contributed by atoms with E-state index in [0.717, 1.165) is 4.57 Å². The van der Waals surface area contributed by atoms with E-state index in [-0.39, 0.29) is 6.61 Å². The van der Waals surface area contributed by atoms with Crippen LogP contribution in [0.4, 0.5) is 5.95 Å². The van der Waals surface area contributed by atoms with Gasteiger partial charge in [-0.15, -0.1) is 0 Å². The van der Waals surface area contributed by atoms with Gasteiger partial charge in [0.15, 0.2) is 0 Å². The maximum atomic E-state index is 10.7. The lowest BCUT2D eigenvalue weighted by molar-refractivity contribution is -0.398. The molecular formula is C8H10BrN3O5. The molecular weight excluding hydrogens is 298 g/mol. The smallest absolute Gasteiger partial charge is 0.394 e. The minimum Gasteiger partial charge on any atom is -0.394 e. The zero-order valence-electron chi connectivity index (χ0n) is 8.51. The third kappa shape index (κ3) is 2.06. The van der Waals surface area contributed by atoms with Crippen molar-refractivity contribution in [1.29, 1.82) is 0 Å². The molecule has 2 rings (SSSR count). The van der Waals surface area contributed by atoms with E-state index in [0.29, 0.717) is 0 Å². The van der Waals surface area contributed by atoms with Gasteiger partial charge >= 0.3 is 5.95 Å². The van der Waals surface area contributed by atoms with Gasteiger partial charge in [0.1, 0.15) is 18.5 Å². The number of halogens is 1. The van der Waals surface area contributed by atoms with Gasteiger partial charge in [0.25, 0.3) is 0 Å². The van der Waals surface area contributed by atoms with Gasteiger partial charge in [-0.05, 0) is 4.92 Å². The third-order valence-electron chi connectivity index (χ3n) is 2.55. The van der Waals surface area contributed by atoms with E-state index in [9.17, 15) is 15.2 Å². The summed E-state index contributed by atoms with van der Waals surface area (Å²) in [6, 6.07) is 0. The normalized spacial score (nSPS) is 32.9. The molecule has 1 saturated heterocycles. The highest BCUT2D eigenvalue weighted by molar-refractivity contribution is 9.09. The van der Waals surface area contributed by atoms with Gasteiger partial charge in [-0.25, -0.2) is 0 Å². The van der Waals surface area contributed by atoms with Gasteiger partial charge in [0.2, 0.25) is 6.23 Å². The summed E-state index contributed by atoms with van der Waals surface area (Å²) >= 11 is 3.18. The number of aliphatic hydroxyl groups is 2. The Bertz CT molecular complexity index is 425. The Kier molecular flexibility index (Phi) is 3.43. The number of rotatable bonds is 3. The van der Waals surface area contributed by atoms with Crippen molar-refractivity contribution in [3.8, 4) is 0 Å². The zero-order valence-corrected chi connectivity index (χ0v) is 10.1. The van der Waals surface area contributed by atoms with Crippen molar-refractivity contribution in [3.63, 3.8) is 0 Å². The summed E-state index contributed by atoms with van der Waals surface area (Å²) in [6.45, 7) is -0.286. The fourth-order valence-corrected chi connectivity index (χ4v) is 2.28. The van der Waals surface area contributed by atoms with Crippen LogP contribution in [-0.2, 0) is 4.74 Å². The third-order valence-corrected chi connectivity index (χ3v) is 3.68. The van der Waals surface area contributed by atoms with Crippen molar-refractivity contribution < 1.29 is 19.9 Å². The molecule has 0 radical (unpaired) electrons. The lowest BCUT2D eigenvalue weighted by atomic mass is 10.2. The molecule has 0 aromatic carbocycles. The van der Waals surface area contributed by atoms with Crippen LogP contribution >= 0.6 is 15.9 Å². The van der Waals surface area contributed by atoms with Gasteiger partial charge in [-0.2, -0.15) is 4.57 Å². The molecule has 0 bridgehead atoms. The SMILES string of the molecule is O=[N+]([O-])c1nccn1[C@@H]1O[C@H](CO)[C@@H](Br)[C@@H]1O. The van der Waals surface area contributed by atoms with Gasteiger partial charge < -0.3 is 25.1 Å². The summed E-state index contributed by atoms with van der Waals surface area (Å²) in [5.41, 5.74) is 0. The first-order valence-corrected chi connectivity index (χ1v) is 5.73. The second kappa shape index (κ2) is 4.69. The van der Waals surface area contributed by atoms with Crippen molar-refractivity contribution in [1.82, 2.24) is 9.55 Å². The van der Waals surface area contributed by atoms with E-state index >= 15 is 0 Å². The molecule has 4 atom stereocenters. The summed E-state index contributed by atoms with van der Waals surface area (Å²) < 4.78 is 6.48. The van der Waals surface area contributed by atoms with Crippen LogP contribution in [0.25, 0.3) is 0 Å². The Balaban J connectivity index is 2.29. The largest absolute Gasteiger partial charge is 0.436 e. The number of hydrogen-bond acceptors (Lipinski definition) is 6. The quantitative estimate of drug-likeness (QED) is 0.455. The van der Waals surface area contributed by atoms with Crippen LogP contribution in [0.1, 0.15) is 6.23 Å². The van der Waals surface area contributed by atoms with E-state index < -0.39 is 34.1 Å². The number of hydrogen-bond donors (Lipinski definition) is 2. The summed E-state index contributed by atoms with van der Waals surface area (Å²) in [7, 11) is 0. The van der Waals surface area contributed by atoms with Crippen molar-refractivity contribution in [3.05, 3.63) is 22.5 Å². The average Bonchev–Trinajstić information content (AvgIpc) is 2.86. The fourth-order valence-electron chi connectivity index (χ4n) is 1.73. The summed E-state index contributed by atoms with van der Waals surface area (Å²) in [4.78, 5) is 13.1. The first-order valence-electron chi connectivity index (χ1n) is 4.82. The van der Waals surface area contributed by atoms with Gasteiger partial charge in [0.05, 0.1) is 17.5 Å². The Morgan fingerprint density at radius 2 is 2.41 bits per heavy atom. The van der Waals surface area contributed by atoms with Crippen LogP contribution < -0.4 is 0 Å². The molecule has 1 aromatic heterocycles. The molecule has 94 valence electrons. The van der Waals surface area contributed by atoms with Crippen molar-refractivity contribution in [2.24, 2.45) is 0 Å². The van der Waals surface area contributed by atoms with E-state index in [1.807, 2.05) is 0 Å². The van der Waals surface area contributed by atoms with E-state index in [1.54, 1.807) is 0 Å². The molecule has 9 heteroatoms. The Labute approximate surface area is 104 Å². The topological polar surface area (TPSA) is 111 Å². The average molecular weight is 308 g/mol. The first-order chi connectivity index (χ1) is 8.06. The fraction of sp³-hybridized carbons (Fsp3) is 0.625. The molecule has 2 N–H and O–H groups in total. The standard InChI is InChI=1S/C8H10BrN3O5/c9-5-4(3-13)17-7(6(5)14)11-2-1-10-8(11)12(15)16/h1-2,4-7,13-14H,3H2/t4-,5-,6+,7-/m1/s1. The van der Waals surface area contributed by atoms with Crippen molar-refractivity contribution >= 4 is 21.9 Å². The number of nitro groups is 1. The molecule has 1 fully saturated rings. The highest BCUT2D eigenvalue weighted by Gasteiger charge is 2.46. The Hall–Kier alpha value is -1.03. The molecule has 1 aliphatic rings. The Morgan fingerprint density at radius 1 is 1.71 bits per heavy atom. The second-order valence-corrected chi connectivity index (χ2v) is 4.63.